The molecule has 0 saturated carbocycles. The van der Waals surface area contributed by atoms with E-state index >= 15 is 0 Å². The first-order chi connectivity index (χ1) is 9.15. The molecule has 0 bridgehead atoms. The fourth-order valence-corrected chi connectivity index (χ4v) is 1.83. The van der Waals surface area contributed by atoms with Gasteiger partial charge in [0, 0.05) is 23.5 Å². The zero-order chi connectivity index (χ0) is 13.4. The van der Waals surface area contributed by atoms with Crippen LogP contribution in [0.25, 0.3) is 17.0 Å². The lowest BCUT2D eigenvalue weighted by atomic mass is 10.2. The summed E-state index contributed by atoms with van der Waals surface area (Å²) >= 11 is 0. The Hall–Kier alpha value is -2.96. The summed E-state index contributed by atoms with van der Waals surface area (Å²) in [5.41, 5.74) is 7.14. The molecular formula is C12H9N5O2. The fourth-order valence-electron chi connectivity index (χ4n) is 1.83. The van der Waals surface area contributed by atoms with E-state index in [-0.39, 0.29) is 11.3 Å². The third-order valence-corrected chi connectivity index (χ3v) is 2.68. The van der Waals surface area contributed by atoms with E-state index in [1.54, 1.807) is 36.5 Å². The Balaban J connectivity index is 2.22. The van der Waals surface area contributed by atoms with Crippen LogP contribution in [-0.2, 0) is 0 Å². The van der Waals surface area contributed by atoms with E-state index in [0.717, 1.165) is 5.56 Å². The van der Waals surface area contributed by atoms with Crippen LogP contribution in [0, 0.1) is 10.1 Å². The second kappa shape index (κ2) is 4.05. The van der Waals surface area contributed by atoms with Gasteiger partial charge in [0.25, 0.3) is 0 Å². The highest BCUT2D eigenvalue weighted by Crippen LogP contribution is 2.22. The first-order valence-electron chi connectivity index (χ1n) is 5.51. The smallest absolute Gasteiger partial charge is 0.313 e. The normalized spacial score (nSPS) is 10.7. The molecule has 0 unspecified atom stereocenters. The van der Waals surface area contributed by atoms with Gasteiger partial charge in [-0.25, -0.2) is 9.50 Å². The van der Waals surface area contributed by atoms with Crippen LogP contribution < -0.4 is 5.73 Å². The Morgan fingerprint density at radius 3 is 2.84 bits per heavy atom. The number of benzene rings is 1. The Bertz CT molecular complexity index is 781. The Morgan fingerprint density at radius 2 is 2.11 bits per heavy atom. The first kappa shape index (κ1) is 11.1. The van der Waals surface area contributed by atoms with Gasteiger partial charge in [-0.05, 0) is 18.2 Å². The summed E-state index contributed by atoms with van der Waals surface area (Å²) in [5, 5.41) is 15.1. The molecule has 2 N–H and O–H groups in total. The number of rotatable bonds is 2. The van der Waals surface area contributed by atoms with Crippen LogP contribution >= 0.6 is 0 Å². The van der Waals surface area contributed by atoms with Crippen LogP contribution in [0.15, 0.2) is 42.6 Å². The molecule has 7 heteroatoms. The molecule has 2 heterocycles. The molecule has 2 aromatic heterocycles. The lowest BCUT2D eigenvalue weighted by Crippen LogP contribution is -1.93. The number of pyridine rings is 1. The van der Waals surface area contributed by atoms with Crippen LogP contribution in [0.3, 0.4) is 0 Å². The summed E-state index contributed by atoms with van der Waals surface area (Å²) < 4.78 is 1.39. The molecule has 94 valence electrons. The molecule has 0 fully saturated rings. The maximum atomic E-state index is 10.9. The van der Waals surface area contributed by atoms with Crippen molar-refractivity contribution in [1.29, 1.82) is 0 Å². The van der Waals surface area contributed by atoms with Crippen molar-refractivity contribution >= 4 is 17.0 Å². The van der Waals surface area contributed by atoms with Gasteiger partial charge in [-0.3, -0.25) is 10.1 Å². The van der Waals surface area contributed by atoms with E-state index in [9.17, 15) is 10.1 Å². The lowest BCUT2D eigenvalue weighted by Gasteiger charge is -1.95. The minimum atomic E-state index is -0.479. The van der Waals surface area contributed by atoms with Gasteiger partial charge in [0.15, 0.2) is 5.82 Å². The third-order valence-electron chi connectivity index (χ3n) is 2.68. The van der Waals surface area contributed by atoms with Crippen molar-refractivity contribution in [2.75, 3.05) is 5.73 Å². The van der Waals surface area contributed by atoms with Crippen LogP contribution in [0.2, 0.25) is 0 Å². The summed E-state index contributed by atoms with van der Waals surface area (Å²) in [7, 11) is 0. The number of hydrogen-bond donors (Lipinski definition) is 1. The van der Waals surface area contributed by atoms with Crippen LogP contribution in [-0.4, -0.2) is 19.5 Å². The number of fused-ring (bicyclic) bond motifs is 1. The topological polar surface area (TPSA) is 99.3 Å². The average Bonchev–Trinajstić information content (AvgIpc) is 2.82. The second-order valence-corrected chi connectivity index (χ2v) is 3.98. The van der Waals surface area contributed by atoms with Gasteiger partial charge in [0.05, 0.1) is 4.92 Å². The fraction of sp³-hybridized carbons (Fsp3) is 0. The minimum Gasteiger partial charge on any atom is -0.399 e. The largest absolute Gasteiger partial charge is 0.399 e. The van der Waals surface area contributed by atoms with Crippen molar-refractivity contribution in [3.8, 4) is 11.4 Å². The lowest BCUT2D eigenvalue weighted by molar-refractivity contribution is -0.383. The molecule has 1 aromatic carbocycles. The number of hydrogen-bond acceptors (Lipinski definition) is 5. The number of nitrogen functional groups attached to an aromatic ring is 1. The number of anilines is 1. The number of aromatic nitrogens is 3. The summed E-state index contributed by atoms with van der Waals surface area (Å²) in [6, 6.07) is 10.0. The Morgan fingerprint density at radius 1 is 1.26 bits per heavy atom. The summed E-state index contributed by atoms with van der Waals surface area (Å²) in [6.07, 6.45) is 1.62. The molecule has 0 aliphatic heterocycles. The van der Waals surface area contributed by atoms with Crippen LogP contribution in [0.5, 0.6) is 0 Å². The predicted molar refractivity (Wildman–Crippen MR) is 69.5 cm³/mol. The molecule has 0 spiro atoms. The standard InChI is InChI=1S/C12H9N5O2/c13-9-4-1-3-8(7-9)11-14-12-10(17(18)19)5-2-6-16(12)15-11/h1-7H,13H2. The zero-order valence-electron chi connectivity index (χ0n) is 9.72. The second-order valence-electron chi connectivity index (χ2n) is 3.98. The molecule has 0 radical (unpaired) electrons. The van der Waals surface area contributed by atoms with Crippen molar-refractivity contribution < 1.29 is 4.92 Å². The molecule has 7 nitrogen and oxygen atoms in total. The van der Waals surface area contributed by atoms with E-state index < -0.39 is 4.92 Å². The van der Waals surface area contributed by atoms with Gasteiger partial charge in [0.2, 0.25) is 5.65 Å². The molecule has 3 aromatic rings. The predicted octanol–water partition coefficient (Wildman–Crippen LogP) is 1.89. The van der Waals surface area contributed by atoms with Gasteiger partial charge >= 0.3 is 5.69 Å². The van der Waals surface area contributed by atoms with E-state index in [4.69, 9.17) is 5.73 Å². The van der Waals surface area contributed by atoms with Gasteiger partial charge < -0.3 is 5.73 Å². The highest BCUT2D eigenvalue weighted by molar-refractivity contribution is 5.66. The van der Waals surface area contributed by atoms with Gasteiger partial charge in [0.1, 0.15) is 0 Å². The van der Waals surface area contributed by atoms with E-state index in [1.165, 1.54) is 10.6 Å². The van der Waals surface area contributed by atoms with E-state index in [0.29, 0.717) is 11.5 Å². The van der Waals surface area contributed by atoms with Crippen molar-refractivity contribution in [1.82, 2.24) is 14.6 Å². The number of nitrogens with zero attached hydrogens (tertiary/aromatic N) is 4. The molecular weight excluding hydrogens is 246 g/mol. The Kier molecular flexibility index (Phi) is 2.38. The monoisotopic (exact) mass is 255 g/mol. The highest BCUT2D eigenvalue weighted by atomic mass is 16.6. The molecule has 0 saturated heterocycles. The third kappa shape index (κ3) is 1.86. The van der Waals surface area contributed by atoms with Crippen molar-refractivity contribution in [2.24, 2.45) is 0 Å². The molecule has 0 aliphatic rings. The number of nitrogens with two attached hydrogens (primary N) is 1. The quantitative estimate of drug-likeness (QED) is 0.428. The molecule has 0 aliphatic carbocycles. The van der Waals surface area contributed by atoms with E-state index in [1.807, 2.05) is 0 Å². The maximum absolute atomic E-state index is 10.9. The highest BCUT2D eigenvalue weighted by Gasteiger charge is 2.16. The molecule has 0 amide bonds. The van der Waals surface area contributed by atoms with Gasteiger partial charge in [-0.1, -0.05) is 12.1 Å². The SMILES string of the molecule is Nc1cccc(-c2nc3c([N+](=O)[O-])cccn3n2)c1. The van der Waals surface area contributed by atoms with Crippen LogP contribution in [0.1, 0.15) is 0 Å². The molecule has 19 heavy (non-hydrogen) atoms. The van der Waals surface area contributed by atoms with Gasteiger partial charge in [-0.2, -0.15) is 0 Å². The summed E-state index contributed by atoms with van der Waals surface area (Å²) in [5.74, 6) is 0.404. The molecule has 0 atom stereocenters. The summed E-state index contributed by atoms with van der Waals surface area (Å²) in [4.78, 5) is 14.6. The van der Waals surface area contributed by atoms with Crippen molar-refractivity contribution in [3.05, 3.63) is 52.7 Å². The van der Waals surface area contributed by atoms with Crippen molar-refractivity contribution in [3.63, 3.8) is 0 Å². The Labute approximate surface area is 107 Å². The van der Waals surface area contributed by atoms with Crippen LogP contribution in [0.4, 0.5) is 11.4 Å². The number of nitro groups is 1. The molecule has 3 rings (SSSR count). The summed E-state index contributed by atoms with van der Waals surface area (Å²) in [6.45, 7) is 0. The zero-order valence-corrected chi connectivity index (χ0v) is 9.72. The minimum absolute atomic E-state index is 0.0786. The van der Waals surface area contributed by atoms with Crippen molar-refractivity contribution in [2.45, 2.75) is 0 Å². The van der Waals surface area contributed by atoms with E-state index in [2.05, 4.69) is 10.1 Å². The first-order valence-corrected chi connectivity index (χ1v) is 5.51. The van der Waals surface area contributed by atoms with Gasteiger partial charge in [-0.15, -0.1) is 5.10 Å². The average molecular weight is 255 g/mol. The maximum Gasteiger partial charge on any atom is 0.313 e.